The second-order valence-electron chi connectivity index (χ2n) is 12.1. The van der Waals surface area contributed by atoms with Crippen LogP contribution in [-0.2, 0) is 20.7 Å². The number of rotatable bonds is 12. The van der Waals surface area contributed by atoms with Crippen molar-refractivity contribution >= 4 is 17.9 Å². The van der Waals surface area contributed by atoms with Crippen molar-refractivity contribution in [3.05, 3.63) is 72.3 Å². The van der Waals surface area contributed by atoms with Gasteiger partial charge in [-0.25, -0.2) is 4.79 Å². The van der Waals surface area contributed by atoms with E-state index in [0.717, 1.165) is 23.5 Å². The number of para-hydroxylation sites is 2. The van der Waals surface area contributed by atoms with Gasteiger partial charge in [-0.05, 0) is 69.9 Å². The average Bonchev–Trinajstić information content (AvgIpc) is 3.35. The molecule has 1 aliphatic heterocycles. The van der Waals surface area contributed by atoms with Gasteiger partial charge in [0.25, 0.3) is 0 Å². The van der Waals surface area contributed by atoms with Crippen LogP contribution in [0.1, 0.15) is 60.5 Å². The van der Waals surface area contributed by atoms with Crippen molar-refractivity contribution < 1.29 is 28.6 Å². The molecule has 1 saturated heterocycles. The second kappa shape index (κ2) is 15.5. The zero-order chi connectivity index (χ0) is 31.6. The largest absolute Gasteiger partial charge is 0.489 e. The number of likely N-dealkylation sites (tertiary alicyclic amines) is 1. The lowest BCUT2D eigenvalue weighted by Crippen LogP contribution is -2.56. The Morgan fingerprint density at radius 3 is 2.33 bits per heavy atom. The predicted octanol–water partition coefficient (Wildman–Crippen LogP) is 5.29. The van der Waals surface area contributed by atoms with E-state index in [4.69, 9.17) is 14.2 Å². The van der Waals surface area contributed by atoms with Gasteiger partial charge in [0, 0.05) is 6.42 Å². The van der Waals surface area contributed by atoms with Crippen molar-refractivity contribution in [1.82, 2.24) is 15.5 Å². The fourth-order valence-electron chi connectivity index (χ4n) is 4.85. The summed E-state index contributed by atoms with van der Waals surface area (Å²) in [6.45, 7) is 13.4. The summed E-state index contributed by atoms with van der Waals surface area (Å²) in [5.41, 5.74) is 0.438. The predicted molar refractivity (Wildman–Crippen MR) is 167 cm³/mol. The molecule has 3 amide bonds. The van der Waals surface area contributed by atoms with Crippen molar-refractivity contribution in [2.45, 2.75) is 91.1 Å². The van der Waals surface area contributed by atoms with E-state index in [-0.39, 0.29) is 24.0 Å². The van der Waals surface area contributed by atoms with Gasteiger partial charge in [0.1, 0.15) is 41.9 Å². The first-order valence-electron chi connectivity index (χ1n) is 15.1. The SMILES string of the molecule is CCc1ccccc1OCC=C[C@@H]1C[C@H](Oc2ccccc2)CN1C(=O)[C@@H](NC(=O)[C@H](C)NC(=O)OC(C)(C)C)C(C)C. The van der Waals surface area contributed by atoms with E-state index in [1.807, 2.05) is 80.6 Å². The molecule has 2 aromatic carbocycles. The van der Waals surface area contributed by atoms with Crippen molar-refractivity contribution in [1.29, 1.82) is 0 Å². The Balaban J connectivity index is 1.72. The molecule has 3 rings (SSSR count). The van der Waals surface area contributed by atoms with E-state index < -0.39 is 29.7 Å². The number of hydrogen-bond donors (Lipinski definition) is 2. The van der Waals surface area contributed by atoms with Crippen LogP contribution < -0.4 is 20.1 Å². The highest BCUT2D eigenvalue weighted by molar-refractivity contribution is 5.91. The molecule has 0 aromatic heterocycles. The molecular formula is C34H47N3O6. The molecule has 0 radical (unpaired) electrons. The van der Waals surface area contributed by atoms with Crippen LogP contribution in [0.4, 0.5) is 4.79 Å². The lowest BCUT2D eigenvalue weighted by molar-refractivity contribution is -0.138. The van der Waals surface area contributed by atoms with Gasteiger partial charge in [0.15, 0.2) is 0 Å². The highest BCUT2D eigenvalue weighted by atomic mass is 16.6. The number of amides is 3. The van der Waals surface area contributed by atoms with Crippen molar-refractivity contribution in [3.63, 3.8) is 0 Å². The third-order valence-corrected chi connectivity index (χ3v) is 7.04. The number of carbonyl (C=O) groups excluding carboxylic acids is 3. The molecule has 4 atom stereocenters. The zero-order valence-electron chi connectivity index (χ0n) is 26.5. The third-order valence-electron chi connectivity index (χ3n) is 7.04. The molecular weight excluding hydrogens is 546 g/mol. The summed E-state index contributed by atoms with van der Waals surface area (Å²) in [6, 6.07) is 15.5. The van der Waals surface area contributed by atoms with Gasteiger partial charge in [-0.1, -0.05) is 63.2 Å². The summed E-state index contributed by atoms with van der Waals surface area (Å²) in [6.07, 6.45) is 4.45. The smallest absolute Gasteiger partial charge is 0.408 e. The Morgan fingerprint density at radius 1 is 1.00 bits per heavy atom. The maximum absolute atomic E-state index is 14.0. The molecule has 2 N–H and O–H groups in total. The molecule has 0 aliphatic carbocycles. The first kappa shape index (κ1) is 33.5. The molecule has 9 heteroatoms. The van der Waals surface area contributed by atoms with Gasteiger partial charge in [0.2, 0.25) is 11.8 Å². The number of aryl methyl sites for hydroxylation is 1. The molecule has 1 fully saturated rings. The maximum Gasteiger partial charge on any atom is 0.408 e. The number of hydrogen-bond acceptors (Lipinski definition) is 6. The number of nitrogens with zero attached hydrogens (tertiary/aromatic N) is 1. The molecule has 0 bridgehead atoms. The highest BCUT2D eigenvalue weighted by Crippen LogP contribution is 2.26. The lowest BCUT2D eigenvalue weighted by Gasteiger charge is -2.30. The first-order chi connectivity index (χ1) is 20.4. The Kier molecular flexibility index (Phi) is 12.0. The Morgan fingerprint density at radius 2 is 1.67 bits per heavy atom. The topological polar surface area (TPSA) is 106 Å². The van der Waals surface area contributed by atoms with Crippen LogP contribution in [0.3, 0.4) is 0 Å². The number of alkyl carbamates (subject to hydrolysis) is 1. The first-order valence-corrected chi connectivity index (χ1v) is 15.1. The van der Waals surface area contributed by atoms with Crippen LogP contribution in [0.5, 0.6) is 11.5 Å². The van der Waals surface area contributed by atoms with E-state index in [0.29, 0.717) is 19.6 Å². The van der Waals surface area contributed by atoms with Crippen LogP contribution in [0.2, 0.25) is 0 Å². The van der Waals surface area contributed by atoms with Crippen molar-refractivity contribution in [2.75, 3.05) is 13.2 Å². The molecule has 9 nitrogen and oxygen atoms in total. The van der Waals surface area contributed by atoms with E-state index >= 15 is 0 Å². The van der Waals surface area contributed by atoms with Gasteiger partial charge in [-0.2, -0.15) is 0 Å². The van der Waals surface area contributed by atoms with Crippen LogP contribution >= 0.6 is 0 Å². The quantitative estimate of drug-likeness (QED) is 0.324. The van der Waals surface area contributed by atoms with Crippen molar-refractivity contribution in [2.24, 2.45) is 5.92 Å². The summed E-state index contributed by atoms with van der Waals surface area (Å²) in [4.78, 5) is 41.0. The molecule has 0 unspecified atom stereocenters. The molecule has 1 heterocycles. The molecule has 0 spiro atoms. The number of carbonyl (C=O) groups is 3. The van der Waals surface area contributed by atoms with Crippen LogP contribution in [0, 0.1) is 5.92 Å². The van der Waals surface area contributed by atoms with E-state index in [2.05, 4.69) is 17.6 Å². The van der Waals surface area contributed by atoms with E-state index in [1.165, 1.54) is 0 Å². The fraction of sp³-hybridized carbons (Fsp3) is 0.500. The second-order valence-corrected chi connectivity index (χ2v) is 12.1. The molecule has 234 valence electrons. The molecule has 1 aliphatic rings. The van der Waals surface area contributed by atoms with Crippen LogP contribution in [-0.4, -0.2) is 65.8 Å². The van der Waals surface area contributed by atoms with Crippen LogP contribution in [0.25, 0.3) is 0 Å². The zero-order valence-corrected chi connectivity index (χ0v) is 26.5. The summed E-state index contributed by atoms with van der Waals surface area (Å²) in [5.74, 6) is 0.705. The average molecular weight is 594 g/mol. The number of benzene rings is 2. The van der Waals surface area contributed by atoms with Gasteiger partial charge < -0.3 is 29.7 Å². The third kappa shape index (κ3) is 10.3. The van der Waals surface area contributed by atoms with Gasteiger partial charge in [-0.3, -0.25) is 9.59 Å². The summed E-state index contributed by atoms with van der Waals surface area (Å²) >= 11 is 0. The molecule has 0 saturated carbocycles. The van der Waals surface area contributed by atoms with Crippen LogP contribution in [0.15, 0.2) is 66.7 Å². The maximum atomic E-state index is 14.0. The normalized spacial score (nSPS) is 18.3. The minimum Gasteiger partial charge on any atom is -0.489 e. The Bertz CT molecular complexity index is 1240. The number of ether oxygens (including phenoxy) is 3. The highest BCUT2D eigenvalue weighted by Gasteiger charge is 2.39. The van der Waals surface area contributed by atoms with E-state index in [1.54, 1.807) is 32.6 Å². The Hall–Kier alpha value is -4.01. The van der Waals surface area contributed by atoms with Gasteiger partial charge in [-0.15, -0.1) is 0 Å². The standard InChI is InChI=1S/C34H47N3O6/c1-8-25-15-12-13-19-29(25)41-20-14-16-26-21-28(42-27-17-10-9-11-18-27)22-37(26)32(39)30(23(2)3)36-31(38)24(4)35-33(40)43-34(5,6)7/h9-19,23-24,26,28,30H,8,20-22H2,1-7H3,(H,35,40)(H,36,38)/t24-,26+,28-,30-/m0/s1. The van der Waals surface area contributed by atoms with Crippen molar-refractivity contribution in [3.8, 4) is 11.5 Å². The summed E-state index contributed by atoms with van der Waals surface area (Å²) < 4.78 is 17.5. The summed E-state index contributed by atoms with van der Waals surface area (Å²) in [7, 11) is 0. The monoisotopic (exact) mass is 593 g/mol. The lowest BCUT2D eigenvalue weighted by atomic mass is 10.0. The number of nitrogens with one attached hydrogen (secondary N) is 2. The fourth-order valence-corrected chi connectivity index (χ4v) is 4.85. The minimum atomic E-state index is -0.893. The summed E-state index contributed by atoms with van der Waals surface area (Å²) in [5, 5.41) is 5.40. The minimum absolute atomic E-state index is 0.197. The molecule has 43 heavy (non-hydrogen) atoms. The Labute approximate surface area is 256 Å². The van der Waals surface area contributed by atoms with E-state index in [9.17, 15) is 14.4 Å². The van der Waals surface area contributed by atoms with Gasteiger partial charge >= 0.3 is 6.09 Å². The van der Waals surface area contributed by atoms with Gasteiger partial charge in [0.05, 0.1) is 12.6 Å². The molecule has 2 aromatic rings.